The minimum absolute atomic E-state index is 0.140. The topological polar surface area (TPSA) is 82.8 Å². The van der Waals surface area contributed by atoms with Crippen LogP contribution in [0.1, 0.15) is 50.6 Å². The van der Waals surface area contributed by atoms with Gasteiger partial charge in [0.15, 0.2) is 0 Å². The Morgan fingerprint density at radius 2 is 1.74 bits per heavy atom. The van der Waals surface area contributed by atoms with Crippen molar-refractivity contribution in [2.24, 2.45) is 5.16 Å². The zero-order valence-corrected chi connectivity index (χ0v) is 19.4. The summed E-state index contributed by atoms with van der Waals surface area (Å²) in [4.78, 5) is 15.4. The maximum absolute atomic E-state index is 14.4. The number of aryl methyl sites for hydroxylation is 2. The number of hydrogen-bond acceptors (Lipinski definition) is 4. The first-order valence-corrected chi connectivity index (χ1v) is 11.2. The highest BCUT2D eigenvalue weighted by atomic mass is 19.1. The molecule has 1 atom stereocenters. The minimum Gasteiger partial charge on any atom is -0.478 e. The van der Waals surface area contributed by atoms with Gasteiger partial charge in [0, 0.05) is 29.8 Å². The Labute approximate surface area is 203 Å². The van der Waals surface area contributed by atoms with Gasteiger partial charge in [0.25, 0.3) is 0 Å². The molecule has 0 aliphatic rings. The fourth-order valence-corrected chi connectivity index (χ4v) is 4.32. The third-order valence-electron chi connectivity index (χ3n) is 6.13. The van der Waals surface area contributed by atoms with E-state index < -0.39 is 11.8 Å². The predicted octanol–water partition coefficient (Wildman–Crippen LogP) is 6.60. The summed E-state index contributed by atoms with van der Waals surface area (Å²) in [6.07, 6.45) is 2.12. The third kappa shape index (κ3) is 5.27. The maximum atomic E-state index is 14.4. The van der Waals surface area contributed by atoms with Crippen LogP contribution in [0.5, 0.6) is 0 Å². The van der Waals surface area contributed by atoms with E-state index >= 15 is 0 Å². The van der Waals surface area contributed by atoms with Crippen LogP contribution in [-0.2, 0) is 0 Å². The first kappa shape index (κ1) is 23.8. The third-order valence-corrected chi connectivity index (χ3v) is 6.13. The maximum Gasteiger partial charge on any atom is 0.338 e. The van der Waals surface area contributed by atoms with Crippen molar-refractivity contribution in [1.82, 2.24) is 4.98 Å². The van der Waals surface area contributed by atoms with Crippen LogP contribution < -0.4 is 0 Å². The van der Waals surface area contributed by atoms with Gasteiger partial charge in [-0.2, -0.15) is 0 Å². The summed E-state index contributed by atoms with van der Waals surface area (Å²) in [5.74, 6) is -2.22. The van der Waals surface area contributed by atoms with Crippen LogP contribution in [-0.4, -0.2) is 27.0 Å². The van der Waals surface area contributed by atoms with Crippen LogP contribution >= 0.6 is 0 Å². The van der Waals surface area contributed by atoms with Gasteiger partial charge in [0.1, 0.15) is 5.82 Å². The molecule has 3 aromatic carbocycles. The molecule has 0 spiro atoms. The molecule has 0 bridgehead atoms. The van der Waals surface area contributed by atoms with Gasteiger partial charge in [-0.1, -0.05) is 59.8 Å². The Morgan fingerprint density at radius 1 is 0.971 bits per heavy atom. The van der Waals surface area contributed by atoms with Crippen LogP contribution in [0, 0.1) is 19.7 Å². The number of aromatic nitrogens is 1. The van der Waals surface area contributed by atoms with Crippen molar-refractivity contribution in [2.45, 2.75) is 26.2 Å². The lowest BCUT2D eigenvalue weighted by Gasteiger charge is -2.22. The number of nitrogens with zero attached hydrogens (tertiary/aromatic N) is 2. The van der Waals surface area contributed by atoms with Crippen molar-refractivity contribution >= 4 is 11.7 Å². The van der Waals surface area contributed by atoms with Crippen molar-refractivity contribution in [3.8, 4) is 11.1 Å². The van der Waals surface area contributed by atoms with Gasteiger partial charge in [-0.3, -0.25) is 4.98 Å². The molecule has 6 heteroatoms. The van der Waals surface area contributed by atoms with E-state index in [1.165, 1.54) is 12.1 Å². The average molecular weight is 469 g/mol. The van der Waals surface area contributed by atoms with Gasteiger partial charge in [-0.05, 0) is 65.9 Å². The molecule has 0 fully saturated rings. The Bertz CT molecular complexity index is 1410. The molecule has 176 valence electrons. The first-order chi connectivity index (χ1) is 16.9. The van der Waals surface area contributed by atoms with Crippen molar-refractivity contribution in [2.75, 3.05) is 0 Å². The lowest BCUT2D eigenvalue weighted by atomic mass is 9.82. The molecule has 1 heterocycles. The van der Waals surface area contributed by atoms with E-state index in [9.17, 15) is 14.4 Å². The van der Waals surface area contributed by atoms with Crippen LogP contribution in [0.25, 0.3) is 11.1 Å². The van der Waals surface area contributed by atoms with E-state index in [4.69, 9.17) is 5.11 Å². The average Bonchev–Trinajstić information content (AvgIpc) is 2.85. The summed E-state index contributed by atoms with van der Waals surface area (Å²) in [5, 5.41) is 22.7. The van der Waals surface area contributed by atoms with Gasteiger partial charge in [0.2, 0.25) is 0 Å². The molecular formula is C29H25FN2O3. The summed E-state index contributed by atoms with van der Waals surface area (Å²) in [5.41, 5.74) is 6.28. The van der Waals surface area contributed by atoms with Crippen LogP contribution in [0.3, 0.4) is 0 Å². The van der Waals surface area contributed by atoms with E-state index in [1.54, 1.807) is 12.3 Å². The molecule has 0 aliphatic heterocycles. The lowest BCUT2D eigenvalue weighted by molar-refractivity contribution is 0.0692. The van der Waals surface area contributed by atoms with Crippen molar-refractivity contribution in [3.63, 3.8) is 0 Å². The first-order valence-electron chi connectivity index (χ1n) is 11.2. The number of carboxylic acid groups (broad SMARTS) is 1. The number of rotatable bonds is 7. The van der Waals surface area contributed by atoms with E-state index in [0.717, 1.165) is 33.5 Å². The predicted molar refractivity (Wildman–Crippen MR) is 134 cm³/mol. The van der Waals surface area contributed by atoms with E-state index in [0.29, 0.717) is 17.7 Å². The van der Waals surface area contributed by atoms with Gasteiger partial charge < -0.3 is 10.3 Å². The molecule has 4 aromatic rings. The summed E-state index contributed by atoms with van der Waals surface area (Å²) < 4.78 is 14.4. The molecule has 0 radical (unpaired) electrons. The van der Waals surface area contributed by atoms with Crippen LogP contribution in [0.4, 0.5) is 4.39 Å². The normalized spacial score (nSPS) is 12.4. The Morgan fingerprint density at radius 3 is 2.43 bits per heavy atom. The molecule has 5 nitrogen and oxygen atoms in total. The number of carboxylic acids is 1. The number of halogens is 1. The molecule has 0 aliphatic carbocycles. The number of benzene rings is 3. The molecule has 0 saturated carbocycles. The van der Waals surface area contributed by atoms with Gasteiger partial charge in [-0.25, -0.2) is 9.18 Å². The van der Waals surface area contributed by atoms with Crippen molar-refractivity contribution < 1.29 is 19.5 Å². The highest BCUT2D eigenvalue weighted by Gasteiger charge is 2.21. The highest BCUT2D eigenvalue weighted by molar-refractivity contribution is 6.01. The molecule has 35 heavy (non-hydrogen) atoms. The summed E-state index contributed by atoms with van der Waals surface area (Å²) in [6, 6.07) is 23.6. The molecule has 0 amide bonds. The second-order valence-electron chi connectivity index (χ2n) is 8.47. The van der Waals surface area contributed by atoms with Crippen molar-refractivity contribution in [1.29, 1.82) is 0 Å². The summed E-state index contributed by atoms with van der Waals surface area (Å²) in [7, 11) is 0. The number of pyridine rings is 1. The second-order valence-corrected chi connectivity index (χ2v) is 8.47. The Hall–Kier alpha value is -4.32. The SMILES string of the molecule is Cc1cc(/C(CC(c2cccc(-c3ccc(C(=O)O)c(F)c3)c2)c2ccccc2C)=N/O)ccn1. The number of hydrogen-bond donors (Lipinski definition) is 2. The molecule has 1 unspecified atom stereocenters. The Kier molecular flexibility index (Phi) is 7.01. The molecular weight excluding hydrogens is 443 g/mol. The quantitative estimate of drug-likeness (QED) is 0.182. The molecule has 1 aromatic heterocycles. The van der Waals surface area contributed by atoms with Gasteiger partial charge in [-0.15, -0.1) is 0 Å². The summed E-state index contributed by atoms with van der Waals surface area (Å²) in [6.45, 7) is 3.92. The largest absolute Gasteiger partial charge is 0.478 e. The standard InChI is InChI=1S/C29H25FN2O3/c1-18-6-3-4-9-24(18)26(17-28(32-35)23-12-13-31-19(2)14-23)22-8-5-7-20(15-22)21-10-11-25(29(33)34)27(30)16-21/h3-16,26,35H,17H2,1-2H3,(H,33,34)/b32-28+. The van der Waals surface area contributed by atoms with Crippen molar-refractivity contribution in [3.05, 3.63) is 124 Å². The minimum atomic E-state index is -1.30. The van der Waals surface area contributed by atoms with Crippen LogP contribution in [0.2, 0.25) is 0 Å². The Balaban J connectivity index is 1.78. The fourth-order valence-electron chi connectivity index (χ4n) is 4.32. The number of carbonyl (C=O) groups is 1. The zero-order chi connectivity index (χ0) is 24.9. The van der Waals surface area contributed by atoms with E-state index in [-0.39, 0.29) is 11.5 Å². The zero-order valence-electron chi connectivity index (χ0n) is 19.4. The molecule has 2 N–H and O–H groups in total. The van der Waals surface area contributed by atoms with Gasteiger partial charge >= 0.3 is 5.97 Å². The summed E-state index contributed by atoms with van der Waals surface area (Å²) >= 11 is 0. The highest BCUT2D eigenvalue weighted by Crippen LogP contribution is 2.34. The van der Waals surface area contributed by atoms with Gasteiger partial charge in [0.05, 0.1) is 11.3 Å². The van der Waals surface area contributed by atoms with E-state index in [2.05, 4.69) is 16.2 Å². The fraction of sp³-hybridized carbons (Fsp3) is 0.138. The van der Waals surface area contributed by atoms with E-state index in [1.807, 2.05) is 68.4 Å². The van der Waals surface area contributed by atoms with Crippen LogP contribution in [0.15, 0.2) is 90.2 Å². The monoisotopic (exact) mass is 468 g/mol. The lowest BCUT2D eigenvalue weighted by Crippen LogP contribution is -2.12. The second kappa shape index (κ2) is 10.3. The smallest absolute Gasteiger partial charge is 0.338 e. The molecule has 0 saturated heterocycles. The molecule has 4 rings (SSSR count). The number of aromatic carboxylic acids is 1. The number of oxime groups is 1.